The molecule has 0 aromatic heterocycles. The van der Waals surface area contributed by atoms with Crippen molar-refractivity contribution in [2.24, 2.45) is 0 Å². The number of nitrogens with zero attached hydrogens (tertiary/aromatic N) is 2. The zero-order valence-electron chi connectivity index (χ0n) is 15.3. The van der Waals surface area contributed by atoms with Gasteiger partial charge in [-0.15, -0.1) is 0 Å². The summed E-state index contributed by atoms with van der Waals surface area (Å²) in [6.07, 6.45) is -5.28. The third kappa shape index (κ3) is 3.36. The number of carbonyl (C=O) groups excluding carboxylic acids is 1. The molecular formula is C19H17F3N2O4S. The number of hydrogen-bond donors (Lipinski definition) is 0. The van der Waals surface area contributed by atoms with Crippen LogP contribution >= 0.6 is 0 Å². The molecule has 29 heavy (non-hydrogen) atoms. The topological polar surface area (TPSA) is 66.9 Å². The molecule has 6 nitrogen and oxygen atoms in total. The lowest BCUT2D eigenvalue weighted by Gasteiger charge is -2.25. The maximum Gasteiger partial charge on any atom is 0.416 e. The van der Waals surface area contributed by atoms with E-state index in [9.17, 15) is 26.4 Å². The van der Waals surface area contributed by atoms with Crippen LogP contribution in [0.4, 0.5) is 13.2 Å². The summed E-state index contributed by atoms with van der Waals surface area (Å²) in [6.45, 7) is -0.0236. The Morgan fingerprint density at radius 1 is 1.07 bits per heavy atom. The lowest BCUT2D eigenvalue weighted by molar-refractivity contribution is -0.137. The molecule has 0 bridgehead atoms. The van der Waals surface area contributed by atoms with Gasteiger partial charge in [-0.25, -0.2) is 8.42 Å². The van der Waals surface area contributed by atoms with Crippen LogP contribution in [0.5, 0.6) is 5.75 Å². The fourth-order valence-corrected chi connectivity index (χ4v) is 5.12. The van der Waals surface area contributed by atoms with Crippen molar-refractivity contribution in [3.63, 3.8) is 0 Å². The average molecular weight is 426 g/mol. The largest absolute Gasteiger partial charge is 0.486 e. The predicted octanol–water partition coefficient (Wildman–Crippen LogP) is 2.61. The van der Waals surface area contributed by atoms with Gasteiger partial charge in [0.05, 0.1) is 28.6 Å². The molecule has 2 aliphatic rings. The van der Waals surface area contributed by atoms with Crippen molar-refractivity contribution < 1.29 is 31.1 Å². The zero-order chi connectivity index (χ0) is 21.0. The summed E-state index contributed by atoms with van der Waals surface area (Å²) >= 11 is 0. The fraction of sp³-hybridized carbons (Fsp3) is 0.316. The third-order valence-electron chi connectivity index (χ3n) is 5.22. The highest BCUT2D eigenvalue weighted by Gasteiger charge is 2.46. The summed E-state index contributed by atoms with van der Waals surface area (Å²) < 4.78 is 71.9. The fourth-order valence-electron chi connectivity index (χ4n) is 3.63. The first-order valence-electron chi connectivity index (χ1n) is 8.79. The molecule has 2 aromatic rings. The third-order valence-corrected chi connectivity index (χ3v) is 7.06. The molecule has 2 aliphatic heterocycles. The zero-order valence-corrected chi connectivity index (χ0v) is 16.1. The maximum absolute atomic E-state index is 13.0. The van der Waals surface area contributed by atoms with E-state index in [1.54, 1.807) is 18.2 Å². The average Bonchev–Trinajstić information content (AvgIpc) is 3.08. The Kier molecular flexibility index (Phi) is 4.58. The van der Waals surface area contributed by atoms with Crippen molar-refractivity contribution in [1.82, 2.24) is 9.21 Å². The van der Waals surface area contributed by atoms with E-state index < -0.39 is 39.8 Å². The van der Waals surface area contributed by atoms with E-state index in [1.165, 1.54) is 28.4 Å². The Balaban J connectivity index is 1.67. The van der Waals surface area contributed by atoms with E-state index in [4.69, 9.17) is 4.74 Å². The van der Waals surface area contributed by atoms with Crippen LogP contribution in [-0.4, -0.2) is 55.8 Å². The van der Waals surface area contributed by atoms with E-state index in [2.05, 4.69) is 0 Å². The maximum atomic E-state index is 13.0. The number of benzene rings is 2. The molecule has 1 fully saturated rings. The monoisotopic (exact) mass is 426 g/mol. The Labute approximate surface area is 165 Å². The van der Waals surface area contributed by atoms with Gasteiger partial charge in [-0.2, -0.15) is 17.5 Å². The Morgan fingerprint density at radius 3 is 2.41 bits per heavy atom. The summed E-state index contributed by atoms with van der Waals surface area (Å²) in [4.78, 5) is 14.2. The van der Waals surface area contributed by atoms with Crippen LogP contribution in [0, 0.1) is 0 Å². The quantitative estimate of drug-likeness (QED) is 0.741. The number of alkyl halides is 3. The highest BCUT2D eigenvalue weighted by Crippen LogP contribution is 2.37. The van der Waals surface area contributed by atoms with Gasteiger partial charge in [0.25, 0.3) is 5.91 Å². The van der Waals surface area contributed by atoms with Gasteiger partial charge in [-0.1, -0.05) is 18.2 Å². The first-order chi connectivity index (χ1) is 13.6. The molecule has 1 amide bonds. The number of likely N-dealkylation sites (N-methyl/N-ethyl adjacent to an activating group) is 1. The Bertz CT molecular complexity index is 1060. The van der Waals surface area contributed by atoms with Crippen molar-refractivity contribution in [1.29, 1.82) is 0 Å². The number of rotatable bonds is 2. The number of fused-ring (bicyclic) bond motifs is 2. The van der Waals surface area contributed by atoms with Crippen molar-refractivity contribution in [3.05, 3.63) is 59.7 Å². The number of halogens is 3. The van der Waals surface area contributed by atoms with Gasteiger partial charge in [0.1, 0.15) is 11.9 Å². The Morgan fingerprint density at radius 2 is 1.76 bits per heavy atom. The lowest BCUT2D eigenvalue weighted by atomic mass is 10.1. The highest BCUT2D eigenvalue weighted by molar-refractivity contribution is 7.89. The van der Waals surface area contributed by atoms with Gasteiger partial charge in [0.2, 0.25) is 10.0 Å². The van der Waals surface area contributed by atoms with Crippen LogP contribution < -0.4 is 4.74 Å². The first kappa shape index (κ1) is 19.7. The molecule has 0 radical (unpaired) electrons. The molecule has 4 rings (SSSR count). The molecule has 2 atom stereocenters. The molecule has 10 heteroatoms. The van der Waals surface area contributed by atoms with Crippen molar-refractivity contribution in [2.45, 2.75) is 23.2 Å². The normalized spacial score (nSPS) is 22.6. The molecular weight excluding hydrogens is 409 g/mol. The van der Waals surface area contributed by atoms with E-state index in [0.717, 1.165) is 18.2 Å². The summed E-state index contributed by atoms with van der Waals surface area (Å²) in [5, 5.41) is 0. The molecule has 0 N–H and O–H groups in total. The molecule has 2 aromatic carbocycles. The summed E-state index contributed by atoms with van der Waals surface area (Å²) in [7, 11) is -2.34. The van der Waals surface area contributed by atoms with E-state index in [1.807, 2.05) is 0 Å². The van der Waals surface area contributed by atoms with Gasteiger partial charge in [0, 0.05) is 13.6 Å². The van der Waals surface area contributed by atoms with E-state index in [-0.39, 0.29) is 29.3 Å². The SMILES string of the molecule is CN1C(=O)c2cc(C(F)(F)F)ccc2OC2CN(S(=O)(=O)c3ccccc3)CC21. The van der Waals surface area contributed by atoms with Gasteiger partial charge < -0.3 is 9.64 Å². The summed E-state index contributed by atoms with van der Waals surface area (Å²) in [6, 6.07) is 10.00. The second-order valence-corrected chi connectivity index (χ2v) is 8.92. The number of carbonyl (C=O) groups is 1. The number of hydrogen-bond acceptors (Lipinski definition) is 4. The minimum Gasteiger partial charge on any atom is -0.486 e. The van der Waals surface area contributed by atoms with Crippen LogP contribution in [0.1, 0.15) is 15.9 Å². The molecule has 1 saturated heterocycles. The molecule has 2 heterocycles. The van der Waals surface area contributed by atoms with Crippen molar-refractivity contribution in [2.75, 3.05) is 20.1 Å². The van der Waals surface area contributed by atoms with Crippen LogP contribution in [0.2, 0.25) is 0 Å². The number of amides is 1. The van der Waals surface area contributed by atoms with Crippen LogP contribution in [0.25, 0.3) is 0 Å². The summed E-state index contributed by atoms with van der Waals surface area (Å²) in [5.41, 5.74) is -1.13. The number of ether oxygens (including phenoxy) is 1. The lowest BCUT2D eigenvalue weighted by Crippen LogP contribution is -2.44. The predicted molar refractivity (Wildman–Crippen MR) is 96.9 cm³/mol. The van der Waals surface area contributed by atoms with Gasteiger partial charge >= 0.3 is 6.18 Å². The molecule has 154 valence electrons. The number of sulfonamides is 1. The second kappa shape index (κ2) is 6.74. The standard InChI is InChI=1S/C19H17F3N2O4S/c1-23-15-10-24(29(26,27)13-5-3-2-4-6-13)11-17(15)28-16-8-7-12(19(20,21)22)9-14(16)18(23)25/h2-9,15,17H,10-11H2,1H3. The molecule has 2 unspecified atom stereocenters. The minimum absolute atomic E-state index is 0.00967. The molecule has 0 spiro atoms. The second-order valence-electron chi connectivity index (χ2n) is 6.98. The van der Waals surface area contributed by atoms with Gasteiger partial charge in [-0.05, 0) is 30.3 Å². The first-order valence-corrected chi connectivity index (χ1v) is 10.2. The van der Waals surface area contributed by atoms with Crippen LogP contribution in [0.15, 0.2) is 53.4 Å². The smallest absolute Gasteiger partial charge is 0.416 e. The molecule has 0 saturated carbocycles. The van der Waals surface area contributed by atoms with Crippen LogP contribution in [0.3, 0.4) is 0 Å². The van der Waals surface area contributed by atoms with Gasteiger partial charge in [0.15, 0.2) is 0 Å². The molecule has 0 aliphatic carbocycles. The van der Waals surface area contributed by atoms with Crippen LogP contribution in [-0.2, 0) is 16.2 Å². The van der Waals surface area contributed by atoms with E-state index >= 15 is 0 Å². The van der Waals surface area contributed by atoms with Crippen molar-refractivity contribution in [3.8, 4) is 5.75 Å². The summed E-state index contributed by atoms with van der Waals surface area (Å²) in [5.74, 6) is -0.626. The van der Waals surface area contributed by atoms with Crippen molar-refractivity contribution >= 4 is 15.9 Å². The highest BCUT2D eigenvalue weighted by atomic mass is 32.2. The Hall–Kier alpha value is -2.59. The van der Waals surface area contributed by atoms with E-state index in [0.29, 0.717) is 0 Å². The minimum atomic E-state index is -4.59. The van der Waals surface area contributed by atoms with Gasteiger partial charge in [-0.3, -0.25) is 4.79 Å².